The van der Waals surface area contributed by atoms with E-state index >= 15 is 0 Å². The van der Waals surface area contributed by atoms with Crippen molar-refractivity contribution < 1.29 is 34.3 Å². The second-order valence-corrected chi connectivity index (χ2v) is 9.62. The topological polar surface area (TPSA) is 156 Å². The van der Waals surface area contributed by atoms with Crippen molar-refractivity contribution in [2.24, 2.45) is 0 Å². The van der Waals surface area contributed by atoms with Gasteiger partial charge in [-0.05, 0) is 45.7 Å². The quantitative estimate of drug-likeness (QED) is 0.348. The number of likely N-dealkylation sites (N-methyl/N-ethyl adjacent to an activating group) is 1. The van der Waals surface area contributed by atoms with E-state index in [2.05, 4.69) is 10.3 Å². The number of rotatable bonds is 7. The number of hydrogen-bond donors (Lipinski definition) is 4. The van der Waals surface area contributed by atoms with Crippen LogP contribution in [0, 0.1) is 0 Å². The lowest BCUT2D eigenvalue weighted by molar-refractivity contribution is -0.322. The average molecular weight is 515 g/mol. The Hall–Kier alpha value is -1.84. The predicted octanol–water partition coefficient (Wildman–Crippen LogP) is -0.491. The van der Waals surface area contributed by atoms with Gasteiger partial charge >= 0.3 is 5.69 Å². The number of ether oxygens (including phenoxy) is 3. The number of thioether (sulfide) groups is 1. The van der Waals surface area contributed by atoms with Gasteiger partial charge < -0.3 is 39.7 Å². The van der Waals surface area contributed by atoms with Crippen molar-refractivity contribution in [2.45, 2.75) is 75.5 Å². The normalized spacial score (nSPS) is 36.0. The Bertz CT molecular complexity index is 948. The van der Waals surface area contributed by atoms with Crippen LogP contribution in [0.15, 0.2) is 28.5 Å². The largest absolute Gasteiger partial charge is 0.390 e. The molecule has 0 aromatic carbocycles. The van der Waals surface area contributed by atoms with Crippen molar-refractivity contribution in [2.75, 3.05) is 25.7 Å². The van der Waals surface area contributed by atoms with Gasteiger partial charge in [-0.3, -0.25) is 9.36 Å². The number of aromatic nitrogens is 2. The first-order valence-corrected chi connectivity index (χ1v) is 12.6. The van der Waals surface area contributed by atoms with E-state index in [0.29, 0.717) is 0 Å². The summed E-state index contributed by atoms with van der Waals surface area (Å²) >= 11 is 1.36. The van der Waals surface area contributed by atoms with Crippen LogP contribution in [0.1, 0.15) is 26.5 Å². The highest BCUT2D eigenvalue weighted by Gasteiger charge is 2.47. The highest BCUT2D eigenvalue weighted by atomic mass is 32.2. The first-order chi connectivity index (χ1) is 16.5. The summed E-state index contributed by atoms with van der Waals surface area (Å²) in [5.41, 5.74) is -0.655. The maximum Gasteiger partial charge on any atom is 0.351 e. The number of hydrogen-bond acceptors (Lipinski definition) is 11. The molecule has 9 atom stereocenters. The Morgan fingerprint density at radius 3 is 2.57 bits per heavy atom. The number of nitrogens with one attached hydrogen (secondary N) is 1. The molecule has 2 saturated heterocycles. The molecule has 2 fully saturated rings. The second kappa shape index (κ2) is 11.9. The van der Waals surface area contributed by atoms with E-state index in [-0.39, 0.29) is 12.2 Å². The molecule has 0 radical (unpaired) electrons. The molecule has 4 N–H and O–H groups in total. The molecule has 1 amide bonds. The highest BCUT2D eigenvalue weighted by molar-refractivity contribution is 8.01. The van der Waals surface area contributed by atoms with Gasteiger partial charge in [-0.15, -0.1) is 11.8 Å². The summed E-state index contributed by atoms with van der Waals surface area (Å²) in [6.45, 7) is 3.44. The minimum atomic E-state index is -1.32. The van der Waals surface area contributed by atoms with Gasteiger partial charge in [0, 0.05) is 18.7 Å². The Morgan fingerprint density at radius 1 is 1.26 bits per heavy atom. The first-order valence-electron chi connectivity index (χ1n) is 11.3. The predicted molar refractivity (Wildman–Crippen MR) is 129 cm³/mol. The number of amides is 1. The minimum Gasteiger partial charge on any atom is -0.390 e. The molecule has 0 spiro atoms. The molecule has 0 unspecified atom stereocenters. The molecular weight excluding hydrogens is 480 g/mol. The van der Waals surface area contributed by atoms with Crippen LogP contribution in [0.3, 0.4) is 0 Å². The Kier molecular flexibility index (Phi) is 9.46. The zero-order valence-electron chi connectivity index (χ0n) is 20.3. The van der Waals surface area contributed by atoms with E-state index in [1.165, 1.54) is 34.7 Å². The Balaban J connectivity index is 1.65. The van der Waals surface area contributed by atoms with Crippen molar-refractivity contribution in [3.63, 3.8) is 0 Å². The Labute approximate surface area is 207 Å². The molecule has 13 heteroatoms. The van der Waals surface area contributed by atoms with Crippen molar-refractivity contribution in [1.82, 2.24) is 14.5 Å². The van der Waals surface area contributed by atoms with Gasteiger partial charge in [-0.25, -0.2) is 4.79 Å². The lowest BCUT2D eigenvalue weighted by Crippen LogP contribution is -2.63. The molecule has 2 aliphatic heterocycles. The Morgan fingerprint density at radius 2 is 1.97 bits per heavy atom. The fourth-order valence-corrected chi connectivity index (χ4v) is 4.68. The third kappa shape index (κ3) is 6.49. The van der Waals surface area contributed by atoms with E-state index < -0.39 is 66.8 Å². The van der Waals surface area contributed by atoms with Crippen LogP contribution in [0.2, 0.25) is 0 Å². The van der Waals surface area contributed by atoms with Gasteiger partial charge in [-0.2, -0.15) is 4.98 Å². The van der Waals surface area contributed by atoms with Crippen LogP contribution in [-0.4, -0.2) is 105 Å². The number of nitrogens with zero attached hydrogens (tertiary/aromatic N) is 3. The van der Waals surface area contributed by atoms with Gasteiger partial charge in [0.2, 0.25) is 5.91 Å². The first kappa shape index (κ1) is 27.7. The SMILES string of the molecule is CSC=CC(=O)Nc1ccn([C@H]2C[C@H](O)[C@H](O[C@@H]3O[C@H](C)[C@@H](N(C)C)[C@H](O)[C@@H]3O)[C@@H](C)O2)c(=O)n1. The molecular formula is C22H34N4O8S. The maximum absolute atomic E-state index is 12.5. The molecule has 0 saturated carbocycles. The van der Waals surface area contributed by atoms with Gasteiger partial charge in [-0.1, -0.05) is 0 Å². The van der Waals surface area contributed by atoms with Crippen molar-refractivity contribution in [1.29, 1.82) is 0 Å². The third-order valence-corrected chi connectivity index (χ3v) is 6.51. The molecule has 1 aromatic heterocycles. The summed E-state index contributed by atoms with van der Waals surface area (Å²) in [5, 5.41) is 36.0. The highest BCUT2D eigenvalue weighted by Crippen LogP contribution is 2.32. The molecule has 3 rings (SSSR count). The van der Waals surface area contributed by atoms with Crippen LogP contribution in [-0.2, 0) is 19.0 Å². The summed E-state index contributed by atoms with van der Waals surface area (Å²) in [4.78, 5) is 30.0. The van der Waals surface area contributed by atoms with E-state index in [1.54, 1.807) is 38.3 Å². The molecule has 3 heterocycles. The van der Waals surface area contributed by atoms with E-state index in [0.717, 1.165) is 0 Å². The summed E-state index contributed by atoms with van der Waals surface area (Å²) < 4.78 is 18.8. The van der Waals surface area contributed by atoms with Gasteiger partial charge in [0.05, 0.1) is 24.4 Å². The van der Waals surface area contributed by atoms with Gasteiger partial charge in [0.1, 0.15) is 30.4 Å². The zero-order valence-corrected chi connectivity index (χ0v) is 21.2. The summed E-state index contributed by atoms with van der Waals surface area (Å²) in [6, 6.07) is 1.04. The van der Waals surface area contributed by atoms with Crippen molar-refractivity contribution in [3.05, 3.63) is 34.2 Å². The molecule has 35 heavy (non-hydrogen) atoms. The van der Waals surface area contributed by atoms with Gasteiger partial charge in [0.25, 0.3) is 0 Å². The van der Waals surface area contributed by atoms with Crippen LogP contribution in [0.25, 0.3) is 0 Å². The van der Waals surface area contributed by atoms with Crippen LogP contribution >= 0.6 is 11.8 Å². The maximum atomic E-state index is 12.5. The average Bonchev–Trinajstić information content (AvgIpc) is 2.77. The van der Waals surface area contributed by atoms with Crippen molar-refractivity contribution in [3.8, 4) is 0 Å². The van der Waals surface area contributed by atoms with Gasteiger partial charge in [0.15, 0.2) is 6.29 Å². The van der Waals surface area contributed by atoms with Crippen molar-refractivity contribution >= 4 is 23.5 Å². The van der Waals surface area contributed by atoms with E-state index in [4.69, 9.17) is 14.2 Å². The number of anilines is 1. The van der Waals surface area contributed by atoms with E-state index in [9.17, 15) is 24.9 Å². The minimum absolute atomic E-state index is 0.0139. The third-order valence-electron chi connectivity index (χ3n) is 6.10. The summed E-state index contributed by atoms with van der Waals surface area (Å²) in [6.07, 6.45) is -2.86. The molecule has 0 aliphatic carbocycles. The lowest BCUT2D eigenvalue weighted by Gasteiger charge is -2.46. The smallest absolute Gasteiger partial charge is 0.351 e. The number of carbonyl (C=O) groups is 1. The summed E-state index contributed by atoms with van der Waals surface area (Å²) in [7, 11) is 3.56. The number of aliphatic hydroxyl groups excluding tert-OH is 3. The lowest BCUT2D eigenvalue weighted by atomic mass is 9.95. The summed E-state index contributed by atoms with van der Waals surface area (Å²) in [5.74, 6) is -0.315. The fourth-order valence-electron chi connectivity index (χ4n) is 4.42. The molecule has 196 valence electrons. The fraction of sp³-hybridized carbons (Fsp3) is 0.682. The second-order valence-electron chi connectivity index (χ2n) is 8.87. The number of aliphatic hydroxyl groups is 3. The van der Waals surface area contributed by atoms with E-state index in [1.807, 2.05) is 6.26 Å². The zero-order chi connectivity index (χ0) is 25.9. The van der Waals surface area contributed by atoms with Crippen LogP contribution in [0.4, 0.5) is 5.82 Å². The molecule has 0 bridgehead atoms. The van der Waals surface area contributed by atoms with Crippen LogP contribution < -0.4 is 11.0 Å². The monoisotopic (exact) mass is 514 g/mol. The molecule has 12 nitrogen and oxygen atoms in total. The molecule has 2 aliphatic rings. The standard InChI is InChI=1S/C22H34N4O8S/c1-11-17(25(3)4)18(29)19(30)21(33-11)34-20-12(2)32-16(10-13(20)27)26-8-6-14(24-22(26)31)23-15(28)7-9-35-5/h6-9,11-13,16-21,27,29-30H,10H2,1-5H3,(H,23,24,28,31)/t11-,12-,13+,16-,17-,18+,19+,20-,21+/m1/s1. The van der Waals surface area contributed by atoms with Crippen LogP contribution in [0.5, 0.6) is 0 Å². The number of carbonyl (C=O) groups excluding carboxylic acids is 1. The molecule has 1 aromatic rings.